The molecule has 0 aliphatic carbocycles. The summed E-state index contributed by atoms with van der Waals surface area (Å²) in [6.07, 6.45) is 0. The van der Waals surface area contributed by atoms with Gasteiger partial charge in [0.15, 0.2) is 6.61 Å². The van der Waals surface area contributed by atoms with Crippen LogP contribution in [0.2, 0.25) is 0 Å². The van der Waals surface area contributed by atoms with Crippen LogP contribution in [0.25, 0.3) is 0 Å². The number of nitro benzene ring substituents is 1. The van der Waals surface area contributed by atoms with Crippen LogP contribution >= 0.6 is 0 Å². The smallest absolute Gasteiger partial charge is 0.338 e. The Bertz CT molecular complexity index is 965. The number of non-ortho nitro benzene ring substituents is 1. The van der Waals surface area contributed by atoms with E-state index in [0.29, 0.717) is 31.7 Å². The maximum atomic E-state index is 12.4. The number of esters is 2. The molecule has 10 heteroatoms. The molecular formula is C21H21N3O7. The van der Waals surface area contributed by atoms with E-state index in [1.807, 2.05) is 4.90 Å². The summed E-state index contributed by atoms with van der Waals surface area (Å²) in [7, 11) is 1.27. The topological polar surface area (TPSA) is 119 Å². The second kappa shape index (κ2) is 9.70. The second-order valence-corrected chi connectivity index (χ2v) is 6.79. The number of nitro groups is 1. The minimum Gasteiger partial charge on any atom is -0.465 e. The molecule has 0 spiro atoms. The zero-order valence-electron chi connectivity index (χ0n) is 16.9. The molecule has 1 heterocycles. The third-order valence-corrected chi connectivity index (χ3v) is 4.93. The lowest BCUT2D eigenvalue weighted by Gasteiger charge is -2.36. The van der Waals surface area contributed by atoms with Gasteiger partial charge in [0.25, 0.3) is 11.6 Å². The molecule has 0 radical (unpaired) electrons. The molecule has 0 N–H and O–H groups in total. The second-order valence-electron chi connectivity index (χ2n) is 6.79. The van der Waals surface area contributed by atoms with Gasteiger partial charge in [0.2, 0.25) is 0 Å². The van der Waals surface area contributed by atoms with Crippen molar-refractivity contribution in [3.63, 3.8) is 0 Å². The van der Waals surface area contributed by atoms with E-state index in [0.717, 1.165) is 5.69 Å². The van der Waals surface area contributed by atoms with Gasteiger partial charge in [-0.2, -0.15) is 0 Å². The molecule has 0 bridgehead atoms. The number of nitrogens with zero attached hydrogens (tertiary/aromatic N) is 3. The lowest BCUT2D eigenvalue weighted by molar-refractivity contribution is -0.384. The van der Waals surface area contributed by atoms with Crippen molar-refractivity contribution >= 4 is 29.2 Å². The van der Waals surface area contributed by atoms with Gasteiger partial charge < -0.3 is 19.3 Å². The zero-order valence-corrected chi connectivity index (χ0v) is 16.9. The molecule has 0 aromatic heterocycles. The van der Waals surface area contributed by atoms with Gasteiger partial charge in [0, 0.05) is 44.0 Å². The van der Waals surface area contributed by atoms with Gasteiger partial charge in [-0.25, -0.2) is 9.59 Å². The number of ether oxygens (including phenoxy) is 2. The van der Waals surface area contributed by atoms with Crippen LogP contribution in [0.1, 0.15) is 20.7 Å². The predicted molar refractivity (Wildman–Crippen MR) is 110 cm³/mol. The Morgan fingerprint density at radius 1 is 0.903 bits per heavy atom. The molecule has 0 saturated carbocycles. The highest BCUT2D eigenvalue weighted by Gasteiger charge is 2.23. The summed E-state index contributed by atoms with van der Waals surface area (Å²) in [5.74, 6) is -1.47. The highest BCUT2D eigenvalue weighted by molar-refractivity contribution is 5.94. The van der Waals surface area contributed by atoms with Crippen molar-refractivity contribution in [2.75, 3.05) is 44.8 Å². The van der Waals surface area contributed by atoms with E-state index in [2.05, 4.69) is 4.74 Å². The van der Waals surface area contributed by atoms with E-state index in [4.69, 9.17) is 4.74 Å². The molecule has 10 nitrogen and oxygen atoms in total. The van der Waals surface area contributed by atoms with Crippen molar-refractivity contribution in [1.29, 1.82) is 0 Å². The van der Waals surface area contributed by atoms with Crippen LogP contribution in [0, 0.1) is 10.1 Å². The summed E-state index contributed by atoms with van der Waals surface area (Å²) >= 11 is 0. The first-order chi connectivity index (χ1) is 14.9. The maximum Gasteiger partial charge on any atom is 0.338 e. The van der Waals surface area contributed by atoms with Crippen molar-refractivity contribution in [3.05, 3.63) is 69.8 Å². The van der Waals surface area contributed by atoms with Gasteiger partial charge in [-0.1, -0.05) is 0 Å². The molecule has 162 valence electrons. The molecular weight excluding hydrogens is 406 g/mol. The van der Waals surface area contributed by atoms with E-state index < -0.39 is 16.9 Å². The van der Waals surface area contributed by atoms with Crippen LogP contribution in [0.3, 0.4) is 0 Å². The average molecular weight is 427 g/mol. The number of benzene rings is 2. The van der Waals surface area contributed by atoms with Crippen LogP contribution < -0.4 is 4.90 Å². The van der Waals surface area contributed by atoms with Gasteiger partial charge in [0.1, 0.15) is 0 Å². The van der Waals surface area contributed by atoms with Gasteiger partial charge in [-0.3, -0.25) is 14.9 Å². The lowest BCUT2D eigenvalue weighted by Crippen LogP contribution is -2.49. The van der Waals surface area contributed by atoms with E-state index in [-0.39, 0.29) is 23.8 Å². The van der Waals surface area contributed by atoms with Crippen LogP contribution in [0.4, 0.5) is 11.4 Å². The quantitative estimate of drug-likeness (QED) is 0.389. The number of hydrogen-bond acceptors (Lipinski definition) is 8. The minimum atomic E-state index is -0.658. The molecule has 31 heavy (non-hydrogen) atoms. The van der Waals surface area contributed by atoms with E-state index in [1.165, 1.54) is 43.5 Å². The SMILES string of the molecule is COC(=O)c1ccc(C(=O)OCC(=O)N2CCN(c3ccc([N+](=O)[O-])cc3)CC2)cc1. The minimum absolute atomic E-state index is 0.0271. The van der Waals surface area contributed by atoms with Crippen molar-refractivity contribution < 1.29 is 28.8 Å². The Kier molecular flexibility index (Phi) is 6.81. The number of hydrogen-bond donors (Lipinski definition) is 0. The zero-order chi connectivity index (χ0) is 22.4. The summed E-state index contributed by atoms with van der Waals surface area (Å²) < 4.78 is 9.69. The normalized spacial score (nSPS) is 13.5. The van der Waals surface area contributed by atoms with Gasteiger partial charge in [0.05, 0.1) is 23.2 Å². The number of rotatable bonds is 6. The number of piperazine rings is 1. The third kappa shape index (κ3) is 5.35. The van der Waals surface area contributed by atoms with Crippen LogP contribution in [-0.4, -0.2) is 67.6 Å². The van der Waals surface area contributed by atoms with Gasteiger partial charge in [-0.15, -0.1) is 0 Å². The Balaban J connectivity index is 1.47. The van der Waals surface area contributed by atoms with Crippen molar-refractivity contribution in [2.24, 2.45) is 0 Å². The van der Waals surface area contributed by atoms with Gasteiger partial charge in [-0.05, 0) is 36.4 Å². The number of carbonyl (C=O) groups excluding carboxylic acids is 3. The third-order valence-electron chi connectivity index (χ3n) is 4.93. The van der Waals surface area contributed by atoms with Crippen LogP contribution in [-0.2, 0) is 14.3 Å². The Morgan fingerprint density at radius 3 is 1.97 bits per heavy atom. The van der Waals surface area contributed by atoms with E-state index >= 15 is 0 Å². The van der Waals surface area contributed by atoms with Crippen molar-refractivity contribution in [2.45, 2.75) is 0 Å². The standard InChI is InChI=1S/C21H21N3O7/c1-30-20(26)15-2-4-16(5-3-15)21(27)31-14-19(25)23-12-10-22(11-13-23)17-6-8-18(9-7-17)24(28)29/h2-9H,10-14H2,1H3. The van der Waals surface area contributed by atoms with Crippen molar-refractivity contribution in [3.8, 4) is 0 Å². The molecule has 1 aliphatic heterocycles. The predicted octanol–water partition coefficient (Wildman–Crippen LogP) is 1.89. The Hall–Kier alpha value is -3.95. The lowest BCUT2D eigenvalue weighted by atomic mass is 10.1. The maximum absolute atomic E-state index is 12.4. The fourth-order valence-corrected chi connectivity index (χ4v) is 3.16. The molecule has 1 amide bonds. The molecule has 2 aromatic rings. The summed E-state index contributed by atoms with van der Waals surface area (Å²) in [5, 5.41) is 10.8. The van der Waals surface area contributed by atoms with Gasteiger partial charge >= 0.3 is 11.9 Å². The molecule has 0 unspecified atom stereocenters. The van der Waals surface area contributed by atoms with E-state index in [1.54, 1.807) is 17.0 Å². The fraction of sp³-hybridized carbons (Fsp3) is 0.286. The molecule has 3 rings (SSSR count). The first-order valence-corrected chi connectivity index (χ1v) is 9.51. The number of anilines is 1. The summed E-state index contributed by atoms with van der Waals surface area (Å²) in [6.45, 7) is 1.64. The highest BCUT2D eigenvalue weighted by atomic mass is 16.6. The molecule has 2 aromatic carbocycles. The first kappa shape index (κ1) is 21.8. The molecule has 1 saturated heterocycles. The Labute approximate surface area is 178 Å². The van der Waals surface area contributed by atoms with Crippen LogP contribution in [0.15, 0.2) is 48.5 Å². The summed E-state index contributed by atoms with van der Waals surface area (Å²) in [4.78, 5) is 49.9. The fourth-order valence-electron chi connectivity index (χ4n) is 3.16. The number of methoxy groups -OCH3 is 1. The molecule has 0 atom stereocenters. The Morgan fingerprint density at radius 2 is 1.45 bits per heavy atom. The first-order valence-electron chi connectivity index (χ1n) is 9.51. The molecule has 1 aliphatic rings. The summed E-state index contributed by atoms with van der Waals surface area (Å²) in [5.41, 5.74) is 1.41. The average Bonchev–Trinajstić information content (AvgIpc) is 2.82. The largest absolute Gasteiger partial charge is 0.465 e. The van der Waals surface area contributed by atoms with Crippen LogP contribution in [0.5, 0.6) is 0 Å². The molecule has 1 fully saturated rings. The number of amides is 1. The monoisotopic (exact) mass is 427 g/mol. The van der Waals surface area contributed by atoms with E-state index in [9.17, 15) is 24.5 Å². The van der Waals surface area contributed by atoms with Crippen molar-refractivity contribution in [1.82, 2.24) is 4.90 Å². The summed E-state index contributed by atoms with van der Waals surface area (Å²) in [6, 6.07) is 12.0. The highest BCUT2D eigenvalue weighted by Crippen LogP contribution is 2.20. The number of carbonyl (C=O) groups is 3.